The second-order valence-corrected chi connectivity index (χ2v) is 3.26. The van der Waals surface area contributed by atoms with Crippen LogP contribution in [0.5, 0.6) is 0 Å². The zero-order valence-corrected chi connectivity index (χ0v) is 7.20. The first-order valence-electron chi connectivity index (χ1n) is 4.30. The zero-order valence-electron chi connectivity index (χ0n) is 7.20. The lowest BCUT2D eigenvalue weighted by molar-refractivity contribution is 0.448. The summed E-state index contributed by atoms with van der Waals surface area (Å²) in [5, 5.41) is 17.4. The summed E-state index contributed by atoms with van der Waals surface area (Å²) in [6.07, 6.45) is 0. The van der Waals surface area contributed by atoms with E-state index in [0.717, 1.165) is 19.0 Å². The van der Waals surface area contributed by atoms with Crippen molar-refractivity contribution in [3.05, 3.63) is 34.9 Å². The number of hydrogen-bond acceptors (Lipinski definition) is 3. The highest BCUT2D eigenvalue weighted by molar-refractivity contribution is 6.13. The summed E-state index contributed by atoms with van der Waals surface area (Å²) in [5.74, 6) is 0.758. The van der Waals surface area contributed by atoms with E-state index in [0.29, 0.717) is 0 Å². The fourth-order valence-corrected chi connectivity index (χ4v) is 1.98. The Balaban J connectivity index is 0.000000196. The monoisotopic (exact) mass is 176 g/mol. The quantitative estimate of drug-likeness (QED) is 0.477. The topological polar surface area (TPSA) is 52.5 Å². The molecule has 0 fully saturated rings. The predicted molar refractivity (Wildman–Crippen MR) is 50.2 cm³/mol. The Kier molecular flexibility index (Phi) is 2.35. The van der Waals surface area contributed by atoms with Crippen LogP contribution < -0.4 is 5.32 Å². The summed E-state index contributed by atoms with van der Waals surface area (Å²) in [5.41, 5.74) is 4.62. The van der Waals surface area contributed by atoms with Gasteiger partial charge >= 0.3 is 7.69 Å². The van der Waals surface area contributed by atoms with Crippen LogP contribution in [0.4, 0.5) is 0 Å². The number of rotatable bonds is 0. The third kappa shape index (κ3) is 1.37. The van der Waals surface area contributed by atoms with E-state index in [1.165, 1.54) is 11.1 Å². The van der Waals surface area contributed by atoms with Crippen LogP contribution in [0, 0.1) is 0 Å². The van der Waals surface area contributed by atoms with Gasteiger partial charge in [-0.25, -0.2) is 0 Å². The van der Waals surface area contributed by atoms with Crippen molar-refractivity contribution in [3.8, 4) is 0 Å². The van der Waals surface area contributed by atoms with Crippen LogP contribution in [-0.4, -0.2) is 24.3 Å². The molecule has 3 N–H and O–H groups in total. The SMILES string of the molecule is O[B]O.c1cc2c3cc1C3CNC2. The van der Waals surface area contributed by atoms with Gasteiger partial charge < -0.3 is 15.4 Å². The van der Waals surface area contributed by atoms with Crippen molar-refractivity contribution < 1.29 is 10.0 Å². The Hall–Kier alpha value is -0.835. The number of hydrogen-bond donors (Lipinski definition) is 3. The molecule has 1 aromatic carbocycles. The molecule has 0 amide bonds. The molecule has 4 bridgehead atoms. The van der Waals surface area contributed by atoms with Crippen molar-refractivity contribution in [2.24, 2.45) is 0 Å². The van der Waals surface area contributed by atoms with Gasteiger partial charge in [0.05, 0.1) is 0 Å². The lowest BCUT2D eigenvalue weighted by Crippen LogP contribution is -2.33. The lowest BCUT2D eigenvalue weighted by Gasteiger charge is -2.34. The molecule has 1 aliphatic heterocycles. The zero-order chi connectivity index (χ0) is 9.26. The van der Waals surface area contributed by atoms with Crippen molar-refractivity contribution in [2.45, 2.75) is 12.5 Å². The minimum absolute atomic E-state index is 0. The van der Waals surface area contributed by atoms with Crippen LogP contribution in [0.3, 0.4) is 0 Å². The number of benzene rings is 1. The summed E-state index contributed by atoms with van der Waals surface area (Å²) in [6.45, 7) is 2.24. The molecule has 0 saturated carbocycles. The van der Waals surface area contributed by atoms with E-state index in [1.807, 2.05) is 0 Å². The van der Waals surface area contributed by atoms with Crippen LogP contribution >= 0.6 is 0 Å². The maximum absolute atomic E-state index is 7.00. The van der Waals surface area contributed by atoms with Crippen molar-refractivity contribution in [1.29, 1.82) is 0 Å². The summed E-state index contributed by atoms with van der Waals surface area (Å²) in [4.78, 5) is 0. The van der Waals surface area contributed by atoms with Crippen LogP contribution in [-0.2, 0) is 6.54 Å². The predicted octanol–water partition coefficient (Wildman–Crippen LogP) is -0.260. The van der Waals surface area contributed by atoms with Crippen molar-refractivity contribution in [2.75, 3.05) is 6.54 Å². The first-order valence-corrected chi connectivity index (χ1v) is 4.30. The molecule has 1 atom stereocenters. The average Bonchev–Trinajstić information content (AvgIpc) is 2.12. The van der Waals surface area contributed by atoms with E-state index < -0.39 is 0 Å². The van der Waals surface area contributed by atoms with Gasteiger partial charge in [0.1, 0.15) is 0 Å². The maximum atomic E-state index is 7.00. The highest BCUT2D eigenvalue weighted by Crippen LogP contribution is 2.39. The molecule has 0 saturated heterocycles. The third-order valence-corrected chi connectivity index (χ3v) is 2.61. The van der Waals surface area contributed by atoms with E-state index in [9.17, 15) is 0 Å². The van der Waals surface area contributed by atoms with Gasteiger partial charge in [0.2, 0.25) is 0 Å². The van der Waals surface area contributed by atoms with Gasteiger partial charge in [-0.1, -0.05) is 18.2 Å². The molecule has 3 nitrogen and oxygen atoms in total. The van der Waals surface area contributed by atoms with Crippen LogP contribution in [0.2, 0.25) is 0 Å². The van der Waals surface area contributed by atoms with E-state index in [-0.39, 0.29) is 7.69 Å². The molecule has 1 heterocycles. The van der Waals surface area contributed by atoms with Gasteiger partial charge in [-0.05, 0) is 16.7 Å². The van der Waals surface area contributed by atoms with Gasteiger partial charge in [0, 0.05) is 19.0 Å². The highest BCUT2D eigenvalue weighted by Gasteiger charge is 2.28. The average molecular weight is 176 g/mol. The maximum Gasteiger partial charge on any atom is 0.482 e. The Morgan fingerprint density at radius 1 is 1.38 bits per heavy atom. The molecular formula is C9H11BNO2. The Labute approximate surface area is 77.7 Å². The van der Waals surface area contributed by atoms with E-state index >= 15 is 0 Å². The molecule has 1 aromatic rings. The molecule has 1 unspecified atom stereocenters. The van der Waals surface area contributed by atoms with Gasteiger partial charge in [0.15, 0.2) is 0 Å². The van der Waals surface area contributed by atoms with Crippen molar-refractivity contribution in [1.82, 2.24) is 5.32 Å². The molecule has 2 aliphatic carbocycles. The van der Waals surface area contributed by atoms with Gasteiger partial charge in [-0.2, -0.15) is 0 Å². The Morgan fingerprint density at radius 2 is 2.15 bits per heavy atom. The molecule has 4 rings (SSSR count). The summed E-state index contributed by atoms with van der Waals surface area (Å²) < 4.78 is 0. The molecule has 4 heteroatoms. The second-order valence-electron chi connectivity index (χ2n) is 3.26. The fourth-order valence-electron chi connectivity index (χ4n) is 1.98. The lowest BCUT2D eigenvalue weighted by atomic mass is 9.75. The van der Waals surface area contributed by atoms with Crippen LogP contribution in [0.1, 0.15) is 22.6 Å². The third-order valence-electron chi connectivity index (χ3n) is 2.61. The molecule has 67 valence electrons. The van der Waals surface area contributed by atoms with Gasteiger partial charge in [-0.3, -0.25) is 0 Å². The molecule has 3 aliphatic rings. The van der Waals surface area contributed by atoms with Crippen molar-refractivity contribution in [3.63, 3.8) is 0 Å². The molecular weight excluding hydrogens is 165 g/mol. The van der Waals surface area contributed by atoms with Gasteiger partial charge in [-0.15, -0.1) is 0 Å². The van der Waals surface area contributed by atoms with E-state index in [4.69, 9.17) is 10.0 Å². The van der Waals surface area contributed by atoms with Gasteiger partial charge in [0.25, 0.3) is 0 Å². The number of nitrogens with one attached hydrogen (secondary N) is 1. The van der Waals surface area contributed by atoms with E-state index in [1.54, 1.807) is 5.56 Å². The van der Waals surface area contributed by atoms with Crippen LogP contribution in [0.15, 0.2) is 18.2 Å². The molecule has 13 heavy (non-hydrogen) atoms. The van der Waals surface area contributed by atoms with Crippen LogP contribution in [0.25, 0.3) is 0 Å². The van der Waals surface area contributed by atoms with E-state index in [2.05, 4.69) is 23.5 Å². The minimum atomic E-state index is 0. The van der Waals surface area contributed by atoms with Crippen molar-refractivity contribution >= 4 is 7.69 Å². The molecule has 0 aromatic heterocycles. The Morgan fingerprint density at radius 3 is 2.69 bits per heavy atom. The first-order chi connectivity index (χ1) is 6.36. The smallest absolute Gasteiger partial charge is 0.429 e. The highest BCUT2D eigenvalue weighted by atomic mass is 16.4. The normalized spacial score (nSPS) is 20.9. The second kappa shape index (κ2) is 3.50. The Bertz CT molecular complexity index is 307. The summed E-state index contributed by atoms with van der Waals surface area (Å²) in [7, 11) is 0. The largest absolute Gasteiger partial charge is 0.482 e. The standard InChI is InChI=1S/C9H9N.BH2O2/c1-2-7-4-10-5-9-6(1)3-8(7)9;2-1-3/h1-3,9-10H,4-5H2;2-3H. The fraction of sp³-hybridized carbons (Fsp3) is 0.333. The molecule has 0 spiro atoms. The summed E-state index contributed by atoms with van der Waals surface area (Å²) >= 11 is 0. The first kappa shape index (κ1) is 8.75. The summed E-state index contributed by atoms with van der Waals surface area (Å²) in [6, 6.07) is 6.82. The number of fused-ring (bicyclic) bond motifs is 1. The minimum Gasteiger partial charge on any atom is -0.429 e. The molecule has 1 radical (unpaired) electrons.